The van der Waals surface area contributed by atoms with Crippen molar-refractivity contribution in [2.75, 3.05) is 0 Å². The largest absolute Gasteiger partial charge is 0.475 e. The van der Waals surface area contributed by atoms with Crippen LogP contribution in [0.1, 0.15) is 44.6 Å². The minimum atomic E-state index is -1.20. The number of hydrogen-bond donors (Lipinski definition) is 4. The molecule has 7 nitrogen and oxygen atoms in total. The Bertz CT molecular complexity index is 1090. The maximum absolute atomic E-state index is 11.8. The number of rotatable bonds is 1. The predicted octanol–water partition coefficient (Wildman–Crippen LogP) is 2.20. The first-order chi connectivity index (χ1) is 13.0. The van der Waals surface area contributed by atoms with E-state index in [1.165, 1.54) is 21.8 Å². The van der Waals surface area contributed by atoms with E-state index in [2.05, 4.69) is 9.97 Å². The number of aromatic nitrogens is 2. The van der Waals surface area contributed by atoms with Crippen LogP contribution in [-0.2, 0) is 19.3 Å². The normalized spacial score (nSPS) is 19.4. The molecule has 0 bridgehead atoms. The number of halogens is 1. The molecule has 0 saturated heterocycles. The molecule has 148 valence electrons. The summed E-state index contributed by atoms with van der Waals surface area (Å²) in [6.45, 7) is 0. The second kappa shape index (κ2) is 8.00. The average Bonchev–Trinajstić information content (AvgIpc) is 3.29. The van der Waals surface area contributed by atoms with Crippen LogP contribution >= 0.6 is 23.7 Å². The number of hydrogen-bond acceptors (Lipinski definition) is 6. The topological polar surface area (TPSA) is 129 Å². The number of aromatic carboxylic acids is 1. The fourth-order valence-corrected chi connectivity index (χ4v) is 4.97. The van der Waals surface area contributed by atoms with E-state index in [1.54, 1.807) is 0 Å². The average molecular weight is 422 g/mol. The number of fused-ring (bicyclic) bond motifs is 4. The Hall–Kier alpha value is -2.26. The van der Waals surface area contributed by atoms with Gasteiger partial charge in [-0.1, -0.05) is 24.3 Å². The highest BCUT2D eigenvalue weighted by Gasteiger charge is 2.26. The monoisotopic (exact) mass is 421 g/mol. The Morgan fingerprint density at radius 1 is 1.29 bits per heavy atom. The summed E-state index contributed by atoms with van der Waals surface area (Å²) in [5, 5.41) is 18.8. The fraction of sp³-hybridized carbons (Fsp3) is 0.316. The highest BCUT2D eigenvalue weighted by atomic mass is 35.5. The smallest absolute Gasteiger partial charge is 0.372 e. The number of thiophene rings is 1. The van der Waals surface area contributed by atoms with Gasteiger partial charge in [-0.15, -0.1) is 23.7 Å². The van der Waals surface area contributed by atoms with Gasteiger partial charge in [-0.3, -0.25) is 4.79 Å². The van der Waals surface area contributed by atoms with Crippen LogP contribution in [0.2, 0.25) is 0 Å². The number of H-pyrrole nitrogens is 1. The van der Waals surface area contributed by atoms with Gasteiger partial charge < -0.3 is 20.9 Å². The molecule has 2 aliphatic rings. The van der Waals surface area contributed by atoms with Crippen molar-refractivity contribution in [3.63, 3.8) is 0 Å². The fourth-order valence-electron chi connectivity index (χ4n) is 3.71. The number of carboxylic acid groups (broad SMARTS) is 1. The van der Waals surface area contributed by atoms with Crippen molar-refractivity contribution >= 4 is 39.9 Å². The highest BCUT2D eigenvalue weighted by molar-refractivity contribution is 7.18. The van der Waals surface area contributed by atoms with Gasteiger partial charge in [0, 0.05) is 11.3 Å². The Morgan fingerprint density at radius 2 is 2.04 bits per heavy atom. The van der Waals surface area contributed by atoms with Gasteiger partial charge in [-0.05, 0) is 36.0 Å². The molecule has 5 rings (SSSR count). The summed E-state index contributed by atoms with van der Waals surface area (Å²) in [6, 6.07) is 7.76. The minimum Gasteiger partial charge on any atom is -0.475 e. The number of nitrogens with one attached hydrogen (secondary N) is 1. The van der Waals surface area contributed by atoms with Crippen molar-refractivity contribution in [3.05, 3.63) is 62.0 Å². The lowest BCUT2D eigenvalue weighted by Crippen LogP contribution is -2.21. The Morgan fingerprint density at radius 3 is 2.75 bits per heavy atom. The highest BCUT2D eigenvalue weighted by Crippen LogP contribution is 2.34. The third-order valence-electron chi connectivity index (χ3n) is 5.04. The number of carboxylic acids is 1. The van der Waals surface area contributed by atoms with Crippen molar-refractivity contribution in [1.29, 1.82) is 0 Å². The standard InChI is InChI=1S/C10H8N2O3S.C9H11NO.ClH/c13-8-6-4-2-1-3-5(4)16-9(6)12-7(11-8)10(14)15;10-9-7-4-2-1-3-6(7)5-8(9)11;/h1-3H2,(H,14,15)(H,11,12,13);1-4,8-9,11H,5,10H2;1H/t;8-,9+;/m.0./s1. The van der Waals surface area contributed by atoms with Gasteiger partial charge in [-0.25, -0.2) is 9.78 Å². The molecule has 0 amide bonds. The third kappa shape index (κ3) is 3.56. The van der Waals surface area contributed by atoms with E-state index in [4.69, 9.17) is 10.8 Å². The number of aliphatic hydroxyl groups is 1. The number of benzene rings is 1. The molecule has 5 N–H and O–H groups in total. The molecule has 2 atom stereocenters. The number of aliphatic hydroxyl groups excluding tert-OH is 1. The molecule has 2 heterocycles. The Labute approximate surface area is 170 Å². The van der Waals surface area contributed by atoms with Crippen molar-refractivity contribution in [1.82, 2.24) is 9.97 Å². The minimum absolute atomic E-state index is 0. The molecule has 0 spiro atoms. The zero-order chi connectivity index (χ0) is 19.1. The molecule has 2 aromatic heterocycles. The first-order valence-electron chi connectivity index (χ1n) is 8.75. The Kier molecular flexibility index (Phi) is 5.85. The molecule has 0 fully saturated rings. The molecular weight excluding hydrogens is 402 g/mol. The van der Waals surface area contributed by atoms with Gasteiger partial charge in [0.05, 0.1) is 17.5 Å². The molecule has 28 heavy (non-hydrogen) atoms. The van der Waals surface area contributed by atoms with Crippen molar-refractivity contribution in [2.24, 2.45) is 5.73 Å². The van der Waals surface area contributed by atoms with Gasteiger partial charge >= 0.3 is 5.97 Å². The first kappa shape index (κ1) is 20.5. The SMILES string of the molecule is Cl.N[C@@H]1c2ccccc2C[C@@H]1O.O=C(O)c1nc2sc3c(c2c(=O)[nH]1)CCC3. The third-order valence-corrected chi connectivity index (χ3v) is 6.22. The van der Waals surface area contributed by atoms with Crippen LogP contribution in [-0.4, -0.2) is 32.3 Å². The summed E-state index contributed by atoms with van der Waals surface area (Å²) in [4.78, 5) is 30.5. The van der Waals surface area contributed by atoms with Gasteiger partial charge in [0.25, 0.3) is 5.56 Å². The van der Waals surface area contributed by atoms with E-state index in [9.17, 15) is 14.7 Å². The van der Waals surface area contributed by atoms with Gasteiger partial charge in [0.1, 0.15) is 4.83 Å². The summed E-state index contributed by atoms with van der Waals surface area (Å²) >= 11 is 1.44. The molecule has 9 heteroatoms. The first-order valence-corrected chi connectivity index (χ1v) is 9.56. The lowest BCUT2D eigenvalue weighted by atomic mass is 10.1. The van der Waals surface area contributed by atoms with Crippen molar-refractivity contribution in [2.45, 2.75) is 37.8 Å². The van der Waals surface area contributed by atoms with Crippen LogP contribution in [0.4, 0.5) is 0 Å². The van der Waals surface area contributed by atoms with Crippen LogP contribution in [0.3, 0.4) is 0 Å². The number of nitrogens with zero attached hydrogens (tertiary/aromatic N) is 1. The van der Waals surface area contributed by atoms with Crippen LogP contribution in [0.5, 0.6) is 0 Å². The van der Waals surface area contributed by atoms with Crippen LogP contribution < -0.4 is 11.3 Å². The van der Waals surface area contributed by atoms with E-state index in [-0.39, 0.29) is 35.9 Å². The lowest BCUT2D eigenvalue weighted by Gasteiger charge is -2.07. The number of nitrogens with two attached hydrogens (primary N) is 1. The summed E-state index contributed by atoms with van der Waals surface area (Å²) in [7, 11) is 0. The number of carbonyl (C=O) groups is 1. The number of aromatic amines is 1. The van der Waals surface area contributed by atoms with Crippen LogP contribution in [0.25, 0.3) is 10.2 Å². The molecular formula is C19H20ClN3O4S. The zero-order valence-corrected chi connectivity index (χ0v) is 16.5. The lowest BCUT2D eigenvalue weighted by molar-refractivity contribution is 0.0683. The maximum Gasteiger partial charge on any atom is 0.372 e. The summed E-state index contributed by atoms with van der Waals surface area (Å²) < 4.78 is 0. The van der Waals surface area contributed by atoms with Gasteiger partial charge in [0.2, 0.25) is 5.82 Å². The molecule has 0 unspecified atom stereocenters. The van der Waals surface area contributed by atoms with E-state index in [0.717, 1.165) is 30.4 Å². The molecule has 0 radical (unpaired) electrons. The quantitative estimate of drug-likeness (QED) is 0.476. The van der Waals surface area contributed by atoms with Crippen molar-refractivity contribution < 1.29 is 15.0 Å². The molecule has 0 aliphatic heterocycles. The molecule has 1 aromatic carbocycles. The van der Waals surface area contributed by atoms with E-state index < -0.39 is 5.97 Å². The zero-order valence-electron chi connectivity index (χ0n) is 14.8. The second-order valence-electron chi connectivity index (χ2n) is 6.75. The van der Waals surface area contributed by atoms with Crippen LogP contribution in [0, 0.1) is 0 Å². The van der Waals surface area contributed by atoms with Crippen molar-refractivity contribution in [3.8, 4) is 0 Å². The van der Waals surface area contributed by atoms with Crippen LogP contribution in [0.15, 0.2) is 29.1 Å². The second-order valence-corrected chi connectivity index (χ2v) is 7.84. The summed E-state index contributed by atoms with van der Waals surface area (Å²) in [5.74, 6) is -1.48. The van der Waals surface area contributed by atoms with E-state index in [0.29, 0.717) is 16.6 Å². The van der Waals surface area contributed by atoms with Gasteiger partial charge in [-0.2, -0.15) is 0 Å². The predicted molar refractivity (Wildman–Crippen MR) is 110 cm³/mol. The summed E-state index contributed by atoms with van der Waals surface area (Å²) in [5.41, 5.74) is 8.75. The number of aryl methyl sites for hydroxylation is 2. The molecule has 0 saturated carbocycles. The summed E-state index contributed by atoms with van der Waals surface area (Å²) in [6.07, 6.45) is 3.26. The van der Waals surface area contributed by atoms with E-state index >= 15 is 0 Å². The molecule has 3 aromatic rings. The molecule has 2 aliphatic carbocycles. The Balaban J connectivity index is 0.000000165. The van der Waals surface area contributed by atoms with E-state index in [1.807, 2.05) is 24.3 Å². The van der Waals surface area contributed by atoms with Gasteiger partial charge in [0.15, 0.2) is 0 Å². The maximum atomic E-state index is 11.8.